The highest BCUT2D eigenvalue weighted by atomic mass is 16.3. The van der Waals surface area contributed by atoms with Gasteiger partial charge in [0.15, 0.2) is 0 Å². The molecule has 90 valence electrons. The van der Waals surface area contributed by atoms with Gasteiger partial charge in [-0.2, -0.15) is 10.1 Å². The maximum absolute atomic E-state index is 12.4. The van der Waals surface area contributed by atoms with E-state index in [2.05, 4.69) is 5.10 Å². The number of benzene rings is 1. The first kappa shape index (κ1) is 10.8. The van der Waals surface area contributed by atoms with Gasteiger partial charge >= 0.3 is 0 Å². The molecule has 0 saturated carbocycles. The number of rotatable bonds is 2. The summed E-state index contributed by atoms with van der Waals surface area (Å²) < 4.78 is 5.31. The Kier molecular flexibility index (Phi) is 2.48. The van der Waals surface area contributed by atoms with Gasteiger partial charge in [-0.15, -0.1) is 0 Å². The van der Waals surface area contributed by atoms with E-state index in [0.29, 0.717) is 5.76 Å². The van der Waals surface area contributed by atoms with Crippen LogP contribution in [0.4, 0.5) is 5.69 Å². The van der Waals surface area contributed by atoms with E-state index in [1.54, 1.807) is 18.4 Å². The molecule has 0 bridgehead atoms. The highest BCUT2D eigenvalue weighted by Crippen LogP contribution is 2.30. The number of carbonyl (C=O) groups excluding carboxylic acids is 1. The van der Waals surface area contributed by atoms with Crippen LogP contribution in [0.15, 0.2) is 58.2 Å². The lowest BCUT2D eigenvalue weighted by molar-refractivity contribution is -0.118. The van der Waals surface area contributed by atoms with E-state index in [0.717, 1.165) is 11.4 Å². The van der Waals surface area contributed by atoms with Gasteiger partial charge in [-0.05, 0) is 31.2 Å². The average molecular weight is 240 g/mol. The fourth-order valence-electron chi connectivity index (χ4n) is 2.10. The molecule has 1 aliphatic heterocycles. The molecule has 4 nitrogen and oxygen atoms in total. The van der Waals surface area contributed by atoms with Crippen molar-refractivity contribution in [3.63, 3.8) is 0 Å². The van der Waals surface area contributed by atoms with E-state index >= 15 is 0 Å². The van der Waals surface area contributed by atoms with Crippen LogP contribution in [0.3, 0.4) is 0 Å². The molecule has 1 aliphatic rings. The molecule has 4 heteroatoms. The van der Waals surface area contributed by atoms with Gasteiger partial charge in [0.05, 0.1) is 17.7 Å². The summed E-state index contributed by atoms with van der Waals surface area (Å²) in [5.41, 5.74) is 1.52. The number of hydrogen-bond donors (Lipinski definition) is 0. The number of nitrogens with zero attached hydrogens (tertiary/aromatic N) is 2. The van der Waals surface area contributed by atoms with Crippen LogP contribution in [-0.2, 0) is 4.79 Å². The van der Waals surface area contributed by atoms with Crippen molar-refractivity contribution in [2.45, 2.75) is 12.8 Å². The van der Waals surface area contributed by atoms with Gasteiger partial charge in [-0.3, -0.25) is 4.79 Å². The Balaban J connectivity index is 1.96. The number of furan rings is 1. The van der Waals surface area contributed by atoms with Crippen molar-refractivity contribution in [2.24, 2.45) is 5.10 Å². The lowest BCUT2D eigenvalue weighted by atomic mass is 10.0. The number of para-hydroxylation sites is 1. The van der Waals surface area contributed by atoms with Gasteiger partial charge < -0.3 is 4.42 Å². The Labute approximate surface area is 105 Å². The fourth-order valence-corrected chi connectivity index (χ4v) is 2.10. The monoisotopic (exact) mass is 240 g/mol. The zero-order valence-electron chi connectivity index (χ0n) is 9.91. The maximum Gasteiger partial charge on any atom is 0.263 e. The molecule has 1 aromatic heterocycles. The van der Waals surface area contributed by atoms with E-state index in [4.69, 9.17) is 4.42 Å². The van der Waals surface area contributed by atoms with E-state index in [9.17, 15) is 4.79 Å². The second kappa shape index (κ2) is 4.14. The van der Waals surface area contributed by atoms with Gasteiger partial charge in [0.25, 0.3) is 5.91 Å². The third kappa shape index (κ3) is 1.62. The minimum absolute atomic E-state index is 0.0753. The van der Waals surface area contributed by atoms with Crippen LogP contribution in [0.25, 0.3) is 0 Å². The van der Waals surface area contributed by atoms with Crippen LogP contribution in [0.1, 0.15) is 18.6 Å². The first-order valence-electron chi connectivity index (χ1n) is 5.75. The van der Waals surface area contributed by atoms with Gasteiger partial charge in [-0.1, -0.05) is 18.2 Å². The number of carbonyl (C=O) groups is 1. The first-order chi connectivity index (χ1) is 8.77. The lowest BCUT2D eigenvalue weighted by Crippen LogP contribution is -2.25. The van der Waals surface area contributed by atoms with Gasteiger partial charge in [0.1, 0.15) is 11.7 Å². The first-order valence-corrected chi connectivity index (χ1v) is 5.75. The topological polar surface area (TPSA) is 45.8 Å². The summed E-state index contributed by atoms with van der Waals surface area (Å²) in [6, 6.07) is 13.0. The molecular formula is C14H12N2O2. The summed E-state index contributed by atoms with van der Waals surface area (Å²) in [5, 5.41) is 5.75. The summed E-state index contributed by atoms with van der Waals surface area (Å²) in [5.74, 6) is 0.161. The molecule has 0 aliphatic carbocycles. The van der Waals surface area contributed by atoms with E-state index < -0.39 is 5.92 Å². The molecule has 0 saturated heterocycles. The third-order valence-electron chi connectivity index (χ3n) is 2.96. The van der Waals surface area contributed by atoms with Crippen LogP contribution < -0.4 is 5.01 Å². The SMILES string of the molecule is CC1=NN(c2ccccc2)C(=O)C1c1ccco1. The van der Waals surface area contributed by atoms with Crippen LogP contribution >= 0.6 is 0 Å². The Hall–Kier alpha value is -2.36. The van der Waals surface area contributed by atoms with Crippen molar-refractivity contribution in [3.05, 3.63) is 54.5 Å². The predicted molar refractivity (Wildman–Crippen MR) is 68.5 cm³/mol. The normalized spacial score (nSPS) is 19.2. The molecule has 18 heavy (non-hydrogen) atoms. The average Bonchev–Trinajstić information content (AvgIpc) is 2.99. The van der Waals surface area contributed by atoms with Gasteiger partial charge in [0, 0.05) is 0 Å². The molecule has 0 N–H and O–H groups in total. The quantitative estimate of drug-likeness (QED) is 0.810. The van der Waals surface area contributed by atoms with Crippen molar-refractivity contribution in [3.8, 4) is 0 Å². The minimum Gasteiger partial charge on any atom is -0.468 e. The molecule has 1 atom stereocenters. The van der Waals surface area contributed by atoms with Crippen molar-refractivity contribution in [2.75, 3.05) is 5.01 Å². The Morgan fingerprint density at radius 1 is 1.17 bits per heavy atom. The zero-order valence-corrected chi connectivity index (χ0v) is 9.91. The molecule has 1 amide bonds. The second-order valence-electron chi connectivity index (χ2n) is 4.18. The molecule has 3 rings (SSSR count). The van der Waals surface area contributed by atoms with Crippen molar-refractivity contribution < 1.29 is 9.21 Å². The predicted octanol–water partition coefficient (Wildman–Crippen LogP) is 2.79. The Bertz CT molecular complexity index is 588. The molecular weight excluding hydrogens is 228 g/mol. The summed E-state index contributed by atoms with van der Waals surface area (Å²) in [6.45, 7) is 1.84. The van der Waals surface area contributed by atoms with E-state index in [1.807, 2.05) is 37.3 Å². The molecule has 2 aromatic rings. The van der Waals surface area contributed by atoms with E-state index in [-0.39, 0.29) is 5.91 Å². The highest BCUT2D eigenvalue weighted by Gasteiger charge is 2.37. The van der Waals surface area contributed by atoms with Gasteiger partial charge in [0.2, 0.25) is 0 Å². The lowest BCUT2D eigenvalue weighted by Gasteiger charge is -2.12. The number of hydrogen-bond acceptors (Lipinski definition) is 3. The largest absolute Gasteiger partial charge is 0.468 e. The van der Waals surface area contributed by atoms with Crippen LogP contribution in [0.5, 0.6) is 0 Å². The van der Waals surface area contributed by atoms with Crippen molar-refractivity contribution in [1.82, 2.24) is 0 Å². The Morgan fingerprint density at radius 2 is 1.94 bits per heavy atom. The van der Waals surface area contributed by atoms with E-state index in [1.165, 1.54) is 5.01 Å². The minimum atomic E-state index is -0.403. The second-order valence-corrected chi connectivity index (χ2v) is 4.18. The zero-order chi connectivity index (χ0) is 12.5. The van der Waals surface area contributed by atoms with Crippen LogP contribution in [-0.4, -0.2) is 11.6 Å². The molecule has 0 spiro atoms. The van der Waals surface area contributed by atoms with Gasteiger partial charge in [-0.25, -0.2) is 0 Å². The molecule has 0 radical (unpaired) electrons. The summed E-state index contributed by atoms with van der Waals surface area (Å²) in [4.78, 5) is 12.4. The summed E-state index contributed by atoms with van der Waals surface area (Å²) >= 11 is 0. The van der Waals surface area contributed by atoms with Crippen LogP contribution in [0, 0.1) is 0 Å². The van der Waals surface area contributed by atoms with Crippen molar-refractivity contribution in [1.29, 1.82) is 0 Å². The molecule has 2 heterocycles. The molecule has 1 unspecified atom stereocenters. The smallest absolute Gasteiger partial charge is 0.263 e. The summed E-state index contributed by atoms with van der Waals surface area (Å²) in [6.07, 6.45) is 1.57. The molecule has 0 fully saturated rings. The number of hydrazone groups is 1. The van der Waals surface area contributed by atoms with Crippen LogP contribution in [0.2, 0.25) is 0 Å². The standard InChI is InChI=1S/C14H12N2O2/c1-10-13(12-8-5-9-18-12)14(17)16(15-10)11-6-3-2-4-7-11/h2-9,13H,1H3. The number of amides is 1. The molecule has 1 aromatic carbocycles. The fraction of sp³-hybridized carbons (Fsp3) is 0.143. The van der Waals surface area contributed by atoms with Crippen molar-refractivity contribution >= 4 is 17.3 Å². The maximum atomic E-state index is 12.4. The Morgan fingerprint density at radius 3 is 2.61 bits per heavy atom. The third-order valence-corrected chi connectivity index (χ3v) is 2.96. The number of anilines is 1. The highest BCUT2D eigenvalue weighted by molar-refractivity contribution is 6.18. The summed E-state index contributed by atoms with van der Waals surface area (Å²) in [7, 11) is 0.